The van der Waals surface area contributed by atoms with Crippen molar-refractivity contribution in [3.8, 4) is 11.5 Å². The minimum Gasteiger partial charge on any atom is -0.496 e. The number of hydrogen-bond acceptors (Lipinski definition) is 2. The summed E-state index contributed by atoms with van der Waals surface area (Å²) in [5, 5.41) is 1.17. The minimum absolute atomic E-state index is 0.842. The van der Waals surface area contributed by atoms with Crippen molar-refractivity contribution in [3.05, 3.63) is 140 Å². The molecule has 0 aliphatic heterocycles. The van der Waals surface area contributed by atoms with Crippen LogP contribution in [0, 0.1) is 0 Å². The smallest absolute Gasteiger partial charge is 0.126 e. The molecule has 5 aromatic carbocycles. The standard InChI is InChI=1S/C24H20B.C8H11O2P/c1-5-13-21(14-6-1)25(22-15-7-2-8-16-22,23-17-9-3-10-18-23)24-19-11-4-12-20-24;1-9-6-3-7(10-2)5-8(11)4-6/h1-20H;3-5H,11H2,1-2H3/q-1;/p+1. The van der Waals surface area contributed by atoms with E-state index in [1.807, 2.05) is 27.4 Å². The van der Waals surface area contributed by atoms with Gasteiger partial charge in [-0.15, -0.1) is 0 Å². The van der Waals surface area contributed by atoms with Crippen LogP contribution in [0.4, 0.5) is 0 Å². The highest BCUT2D eigenvalue weighted by molar-refractivity contribution is 7.27. The monoisotopic (exact) mass is 490 g/mol. The summed E-state index contributed by atoms with van der Waals surface area (Å²) in [6.07, 6.45) is -1.22. The third-order valence-electron chi connectivity index (χ3n) is 6.61. The molecule has 2 nitrogen and oxygen atoms in total. The van der Waals surface area contributed by atoms with Gasteiger partial charge in [-0.1, -0.05) is 121 Å². The lowest BCUT2D eigenvalue weighted by Gasteiger charge is -2.44. The Morgan fingerprint density at radius 2 is 0.722 bits per heavy atom. The topological polar surface area (TPSA) is 18.5 Å². The zero-order chi connectivity index (χ0) is 25.2. The summed E-state index contributed by atoms with van der Waals surface area (Å²) in [5.74, 6) is 1.68. The molecule has 0 heterocycles. The van der Waals surface area contributed by atoms with E-state index in [1.54, 1.807) is 14.2 Å². The quantitative estimate of drug-likeness (QED) is 0.265. The van der Waals surface area contributed by atoms with Crippen molar-refractivity contribution >= 4 is 42.5 Å². The number of ether oxygens (including phenoxy) is 2. The molecule has 5 rings (SSSR count). The Kier molecular flexibility index (Phi) is 8.60. The molecule has 0 fully saturated rings. The highest BCUT2D eigenvalue weighted by Gasteiger charge is 2.30. The van der Waals surface area contributed by atoms with E-state index < -0.39 is 6.15 Å². The molecule has 0 saturated carbocycles. The molecule has 0 saturated heterocycles. The van der Waals surface area contributed by atoms with Crippen molar-refractivity contribution in [1.29, 1.82) is 0 Å². The van der Waals surface area contributed by atoms with Crippen LogP contribution in [0.3, 0.4) is 0 Å². The van der Waals surface area contributed by atoms with E-state index in [1.165, 1.54) is 27.2 Å². The molecule has 1 atom stereocenters. The van der Waals surface area contributed by atoms with Crippen LogP contribution in [0.15, 0.2) is 140 Å². The van der Waals surface area contributed by atoms with E-state index in [2.05, 4.69) is 121 Å². The zero-order valence-electron chi connectivity index (χ0n) is 20.9. The largest absolute Gasteiger partial charge is 0.496 e. The van der Waals surface area contributed by atoms with E-state index in [0.717, 1.165) is 11.5 Å². The fraction of sp³-hybridized carbons (Fsp3) is 0.0625. The van der Waals surface area contributed by atoms with Crippen molar-refractivity contribution in [3.63, 3.8) is 0 Å². The Hall–Kier alpha value is -3.81. The van der Waals surface area contributed by atoms with Gasteiger partial charge in [0, 0.05) is 27.4 Å². The van der Waals surface area contributed by atoms with Gasteiger partial charge in [-0.25, -0.2) is 0 Å². The second-order valence-corrected chi connectivity index (χ2v) is 9.55. The number of hydrogen-bond donors (Lipinski definition) is 0. The highest BCUT2D eigenvalue weighted by atomic mass is 31.0. The van der Waals surface area contributed by atoms with Gasteiger partial charge >= 0.3 is 0 Å². The van der Waals surface area contributed by atoms with Crippen molar-refractivity contribution < 1.29 is 9.47 Å². The van der Waals surface area contributed by atoms with Crippen LogP contribution in [-0.2, 0) is 0 Å². The summed E-state index contributed by atoms with van der Waals surface area (Å²) in [6, 6.07) is 49.3. The summed E-state index contributed by atoms with van der Waals surface area (Å²) >= 11 is 0. The summed E-state index contributed by atoms with van der Waals surface area (Å²) in [6.45, 7) is 0. The van der Waals surface area contributed by atoms with Gasteiger partial charge in [-0.3, -0.25) is 0 Å². The lowest BCUT2D eigenvalue weighted by molar-refractivity contribution is 0.395. The van der Waals surface area contributed by atoms with E-state index in [4.69, 9.17) is 9.47 Å². The van der Waals surface area contributed by atoms with Crippen molar-refractivity contribution in [1.82, 2.24) is 0 Å². The van der Waals surface area contributed by atoms with Gasteiger partial charge in [-0.05, 0) is 0 Å². The Bertz CT molecular complexity index is 1160. The maximum atomic E-state index is 5.06. The SMILES string of the molecule is COc1cc([PH3+])cc(OC)c1.c1ccc([B-](c2ccccc2)(c2ccccc2)c2ccccc2)cc1. The molecule has 0 spiro atoms. The Morgan fingerprint density at radius 3 is 0.972 bits per heavy atom. The molecule has 0 N–H and O–H groups in total. The maximum absolute atomic E-state index is 5.06. The van der Waals surface area contributed by atoms with Gasteiger partial charge in [-0.2, -0.15) is 21.9 Å². The average Bonchev–Trinajstić information content (AvgIpc) is 2.96. The number of benzene rings is 5. The first-order valence-electron chi connectivity index (χ1n) is 12.1. The van der Waals surface area contributed by atoms with Crippen LogP contribution in [0.25, 0.3) is 0 Å². The van der Waals surface area contributed by atoms with Crippen molar-refractivity contribution in [2.45, 2.75) is 0 Å². The third-order valence-corrected chi connectivity index (χ3v) is 7.02. The fourth-order valence-corrected chi connectivity index (χ4v) is 5.39. The van der Waals surface area contributed by atoms with Gasteiger partial charge in [0.2, 0.25) is 0 Å². The highest BCUT2D eigenvalue weighted by Crippen LogP contribution is 2.18. The summed E-state index contributed by atoms with van der Waals surface area (Å²) in [5.41, 5.74) is 5.36. The maximum Gasteiger partial charge on any atom is 0.126 e. The van der Waals surface area contributed by atoms with Crippen LogP contribution < -0.4 is 36.6 Å². The summed E-state index contributed by atoms with van der Waals surface area (Å²) in [4.78, 5) is 0. The van der Waals surface area contributed by atoms with Crippen molar-refractivity contribution in [2.75, 3.05) is 14.2 Å². The van der Waals surface area contributed by atoms with E-state index in [-0.39, 0.29) is 0 Å². The average molecular weight is 490 g/mol. The van der Waals surface area contributed by atoms with Gasteiger partial charge in [0.05, 0.1) is 19.5 Å². The molecule has 0 radical (unpaired) electrons. The van der Waals surface area contributed by atoms with Crippen LogP contribution in [0.5, 0.6) is 11.5 Å². The number of methoxy groups -OCH3 is 2. The predicted molar refractivity (Wildman–Crippen MR) is 160 cm³/mol. The van der Waals surface area contributed by atoms with Crippen molar-refractivity contribution in [2.24, 2.45) is 0 Å². The van der Waals surface area contributed by atoms with Crippen LogP contribution in [-0.4, -0.2) is 20.4 Å². The summed E-state index contributed by atoms with van der Waals surface area (Å²) < 4.78 is 10.1. The summed E-state index contributed by atoms with van der Waals surface area (Å²) in [7, 11) is 5.11. The van der Waals surface area contributed by atoms with E-state index >= 15 is 0 Å². The Morgan fingerprint density at radius 1 is 0.444 bits per heavy atom. The molecule has 1 unspecified atom stereocenters. The molecule has 0 aliphatic rings. The Balaban J connectivity index is 0.000000233. The molecule has 0 aromatic heterocycles. The first-order valence-corrected chi connectivity index (χ1v) is 12.8. The first kappa shape index (κ1) is 25.3. The lowest BCUT2D eigenvalue weighted by atomic mass is 9.13. The van der Waals surface area contributed by atoms with Gasteiger partial charge < -0.3 is 9.47 Å². The van der Waals surface area contributed by atoms with Crippen LogP contribution >= 0.6 is 9.24 Å². The second-order valence-electron chi connectivity index (χ2n) is 8.73. The molecular formula is C32H32BO2P. The van der Waals surface area contributed by atoms with E-state index in [9.17, 15) is 0 Å². The normalized spacial score (nSPS) is 10.7. The third kappa shape index (κ3) is 5.53. The molecule has 0 amide bonds. The van der Waals surface area contributed by atoms with Crippen LogP contribution in [0.1, 0.15) is 0 Å². The van der Waals surface area contributed by atoms with Gasteiger partial charge in [0.15, 0.2) is 0 Å². The molecule has 0 aliphatic carbocycles. The van der Waals surface area contributed by atoms with E-state index in [0.29, 0.717) is 0 Å². The van der Waals surface area contributed by atoms with Gasteiger partial charge in [0.25, 0.3) is 0 Å². The predicted octanol–water partition coefficient (Wildman–Crippen LogP) is 4.00. The fourth-order valence-electron chi connectivity index (χ4n) is 4.99. The first-order chi connectivity index (χ1) is 17.7. The molecule has 0 bridgehead atoms. The Labute approximate surface area is 217 Å². The lowest BCUT2D eigenvalue weighted by Crippen LogP contribution is -2.74. The minimum atomic E-state index is -1.22. The molecule has 4 heteroatoms. The van der Waals surface area contributed by atoms with Gasteiger partial charge in [0.1, 0.15) is 17.6 Å². The van der Waals surface area contributed by atoms with Crippen LogP contribution in [0.2, 0.25) is 0 Å². The number of rotatable bonds is 6. The molecule has 180 valence electrons. The molecular weight excluding hydrogens is 458 g/mol. The second kappa shape index (κ2) is 12.2. The zero-order valence-corrected chi connectivity index (χ0v) is 22.3. The molecule has 36 heavy (non-hydrogen) atoms. The molecule has 5 aromatic rings.